The molecule has 0 radical (unpaired) electrons. The maximum Gasteiger partial charge on any atom is 0.216 e. The van der Waals surface area contributed by atoms with E-state index in [9.17, 15) is 4.79 Å². The molecule has 1 aromatic heterocycles. The Balaban J connectivity index is 2.10. The van der Waals surface area contributed by atoms with E-state index in [0.717, 1.165) is 29.7 Å². The first-order valence-electron chi connectivity index (χ1n) is 7.03. The van der Waals surface area contributed by atoms with E-state index >= 15 is 0 Å². The van der Waals surface area contributed by atoms with Crippen LogP contribution in [0.1, 0.15) is 26.3 Å². The van der Waals surface area contributed by atoms with E-state index in [-0.39, 0.29) is 5.91 Å². The Morgan fingerprint density at radius 2 is 2.20 bits per heavy atom. The van der Waals surface area contributed by atoms with Crippen molar-refractivity contribution in [3.05, 3.63) is 30.0 Å². The minimum Gasteiger partial charge on any atom is -0.493 e. The number of aromatic amines is 1. The topological polar surface area (TPSA) is 54.1 Å². The molecular weight excluding hydrogens is 252 g/mol. The number of ether oxygens (including phenoxy) is 1. The molecular formula is C16H22N2O2. The highest BCUT2D eigenvalue weighted by atomic mass is 16.5. The van der Waals surface area contributed by atoms with Crippen molar-refractivity contribution in [3.8, 4) is 5.75 Å². The lowest BCUT2D eigenvalue weighted by Crippen LogP contribution is -2.22. The molecule has 1 heterocycles. The summed E-state index contributed by atoms with van der Waals surface area (Å²) in [4.78, 5) is 14.2. The van der Waals surface area contributed by atoms with E-state index in [2.05, 4.69) is 30.2 Å². The summed E-state index contributed by atoms with van der Waals surface area (Å²) in [5, 5.41) is 3.98. The molecule has 0 spiro atoms. The summed E-state index contributed by atoms with van der Waals surface area (Å²) >= 11 is 0. The second-order valence-corrected chi connectivity index (χ2v) is 5.46. The molecule has 2 N–H and O–H groups in total. The Morgan fingerprint density at radius 1 is 1.40 bits per heavy atom. The molecule has 0 aliphatic rings. The van der Waals surface area contributed by atoms with Gasteiger partial charge >= 0.3 is 0 Å². The van der Waals surface area contributed by atoms with Crippen LogP contribution in [0, 0.1) is 5.92 Å². The molecule has 2 aromatic rings. The Bertz CT molecular complexity index is 587. The number of fused-ring (bicyclic) bond motifs is 1. The molecule has 4 nitrogen and oxygen atoms in total. The number of rotatable bonds is 6. The number of benzene rings is 1. The fraction of sp³-hybridized carbons (Fsp3) is 0.438. The normalized spacial score (nSPS) is 11.0. The molecule has 0 aliphatic heterocycles. The van der Waals surface area contributed by atoms with Gasteiger partial charge in [-0.2, -0.15) is 0 Å². The van der Waals surface area contributed by atoms with Crippen molar-refractivity contribution in [2.75, 3.05) is 13.2 Å². The summed E-state index contributed by atoms with van der Waals surface area (Å²) in [6, 6.07) is 6.09. The first-order valence-corrected chi connectivity index (χ1v) is 7.03. The highest BCUT2D eigenvalue weighted by molar-refractivity contribution is 5.84. The van der Waals surface area contributed by atoms with Gasteiger partial charge in [-0.15, -0.1) is 0 Å². The molecule has 0 unspecified atom stereocenters. The molecule has 0 fully saturated rings. The maximum atomic E-state index is 10.9. The number of hydrogen-bond acceptors (Lipinski definition) is 2. The number of hydrogen-bond donors (Lipinski definition) is 2. The third-order valence-corrected chi connectivity index (χ3v) is 3.09. The monoisotopic (exact) mass is 274 g/mol. The largest absolute Gasteiger partial charge is 0.493 e. The minimum atomic E-state index is 0.00537. The molecule has 0 atom stereocenters. The molecule has 0 saturated heterocycles. The lowest BCUT2D eigenvalue weighted by Gasteiger charge is -2.09. The SMILES string of the molecule is CC(=O)NCCc1c[nH]c2ccc(OCC(C)C)cc12. The summed E-state index contributed by atoms with van der Waals surface area (Å²) in [5.41, 5.74) is 2.29. The van der Waals surface area contributed by atoms with Crippen molar-refractivity contribution in [2.45, 2.75) is 27.2 Å². The quantitative estimate of drug-likeness (QED) is 0.851. The minimum absolute atomic E-state index is 0.00537. The molecule has 20 heavy (non-hydrogen) atoms. The van der Waals surface area contributed by atoms with Crippen molar-refractivity contribution < 1.29 is 9.53 Å². The van der Waals surface area contributed by atoms with Crippen LogP contribution in [0.3, 0.4) is 0 Å². The number of carbonyl (C=O) groups is 1. The van der Waals surface area contributed by atoms with Crippen LogP contribution in [0.5, 0.6) is 5.75 Å². The molecule has 0 saturated carbocycles. The maximum absolute atomic E-state index is 10.9. The summed E-state index contributed by atoms with van der Waals surface area (Å²) in [6.07, 6.45) is 2.81. The van der Waals surface area contributed by atoms with Crippen LogP contribution in [0.25, 0.3) is 10.9 Å². The van der Waals surface area contributed by atoms with Gasteiger partial charge in [-0.05, 0) is 36.1 Å². The van der Waals surface area contributed by atoms with Crippen molar-refractivity contribution in [2.24, 2.45) is 5.92 Å². The molecule has 0 bridgehead atoms. The number of H-pyrrole nitrogens is 1. The van der Waals surface area contributed by atoms with Crippen LogP contribution >= 0.6 is 0 Å². The predicted molar refractivity (Wildman–Crippen MR) is 81.0 cm³/mol. The van der Waals surface area contributed by atoms with E-state index in [1.54, 1.807) is 0 Å². The lowest BCUT2D eigenvalue weighted by molar-refractivity contribution is -0.118. The van der Waals surface area contributed by atoms with Gasteiger partial charge in [-0.1, -0.05) is 13.8 Å². The van der Waals surface area contributed by atoms with E-state index < -0.39 is 0 Å². The number of aromatic nitrogens is 1. The second kappa shape index (κ2) is 6.46. The van der Waals surface area contributed by atoms with E-state index in [0.29, 0.717) is 12.5 Å². The van der Waals surface area contributed by atoms with Gasteiger partial charge in [-0.25, -0.2) is 0 Å². The summed E-state index contributed by atoms with van der Waals surface area (Å²) < 4.78 is 5.76. The van der Waals surface area contributed by atoms with Crippen molar-refractivity contribution in [3.63, 3.8) is 0 Å². The Labute approximate surface area is 119 Å². The van der Waals surface area contributed by atoms with Crippen LogP contribution in [-0.2, 0) is 11.2 Å². The third-order valence-electron chi connectivity index (χ3n) is 3.09. The fourth-order valence-electron chi connectivity index (χ4n) is 2.09. The zero-order valence-corrected chi connectivity index (χ0v) is 12.3. The smallest absolute Gasteiger partial charge is 0.216 e. The lowest BCUT2D eigenvalue weighted by atomic mass is 10.1. The van der Waals surface area contributed by atoms with Crippen LogP contribution in [0.4, 0.5) is 0 Å². The van der Waals surface area contributed by atoms with E-state index in [1.807, 2.05) is 18.3 Å². The highest BCUT2D eigenvalue weighted by Gasteiger charge is 2.06. The van der Waals surface area contributed by atoms with Crippen LogP contribution in [-0.4, -0.2) is 24.0 Å². The standard InChI is InChI=1S/C16H22N2O2/c1-11(2)10-20-14-4-5-16-15(8-14)13(9-18-16)6-7-17-12(3)19/h4-5,8-9,11,18H,6-7,10H2,1-3H3,(H,17,19). The summed E-state index contributed by atoms with van der Waals surface area (Å²) in [7, 11) is 0. The Morgan fingerprint density at radius 3 is 2.90 bits per heavy atom. The zero-order valence-electron chi connectivity index (χ0n) is 12.3. The number of carbonyl (C=O) groups excluding carboxylic acids is 1. The van der Waals surface area contributed by atoms with Gasteiger partial charge in [0.1, 0.15) is 5.75 Å². The predicted octanol–water partition coefficient (Wildman–Crippen LogP) is 2.88. The van der Waals surface area contributed by atoms with Gasteiger partial charge in [-0.3, -0.25) is 4.79 Å². The Kier molecular flexibility index (Phi) is 4.66. The van der Waals surface area contributed by atoms with Crippen LogP contribution in [0.2, 0.25) is 0 Å². The van der Waals surface area contributed by atoms with Gasteiger partial charge in [0.15, 0.2) is 0 Å². The molecule has 108 valence electrons. The van der Waals surface area contributed by atoms with Gasteiger partial charge in [0.2, 0.25) is 5.91 Å². The average Bonchev–Trinajstić information content (AvgIpc) is 2.79. The van der Waals surface area contributed by atoms with Crippen LogP contribution in [0.15, 0.2) is 24.4 Å². The molecule has 1 aromatic carbocycles. The van der Waals surface area contributed by atoms with Gasteiger partial charge < -0.3 is 15.0 Å². The highest BCUT2D eigenvalue weighted by Crippen LogP contribution is 2.24. The van der Waals surface area contributed by atoms with Crippen molar-refractivity contribution in [1.29, 1.82) is 0 Å². The summed E-state index contributed by atoms with van der Waals surface area (Å²) in [6.45, 7) is 7.17. The van der Waals surface area contributed by atoms with Crippen LogP contribution < -0.4 is 10.1 Å². The van der Waals surface area contributed by atoms with E-state index in [4.69, 9.17) is 4.74 Å². The summed E-state index contributed by atoms with van der Waals surface area (Å²) in [5.74, 6) is 1.41. The first-order chi connectivity index (χ1) is 9.56. The molecule has 4 heteroatoms. The first kappa shape index (κ1) is 14.4. The number of amides is 1. The van der Waals surface area contributed by atoms with Crippen molar-refractivity contribution >= 4 is 16.8 Å². The third kappa shape index (κ3) is 3.76. The van der Waals surface area contributed by atoms with Gasteiger partial charge in [0.25, 0.3) is 0 Å². The molecule has 2 rings (SSSR count). The second-order valence-electron chi connectivity index (χ2n) is 5.46. The van der Waals surface area contributed by atoms with E-state index in [1.165, 1.54) is 12.5 Å². The van der Waals surface area contributed by atoms with Crippen molar-refractivity contribution in [1.82, 2.24) is 10.3 Å². The molecule has 0 aliphatic carbocycles. The zero-order chi connectivity index (χ0) is 14.5. The average molecular weight is 274 g/mol. The van der Waals surface area contributed by atoms with Gasteiger partial charge in [0, 0.05) is 30.6 Å². The molecule has 1 amide bonds. The van der Waals surface area contributed by atoms with Gasteiger partial charge in [0.05, 0.1) is 6.61 Å². The Hall–Kier alpha value is -1.97. The fourth-order valence-corrected chi connectivity index (χ4v) is 2.09. The number of nitrogens with one attached hydrogen (secondary N) is 2.